The van der Waals surface area contributed by atoms with E-state index in [0.29, 0.717) is 5.88 Å². The van der Waals surface area contributed by atoms with Gasteiger partial charge in [-0.15, -0.1) is 0 Å². The summed E-state index contributed by atoms with van der Waals surface area (Å²) >= 11 is 0. The van der Waals surface area contributed by atoms with E-state index in [2.05, 4.69) is 21.1 Å². The Kier molecular flexibility index (Phi) is 4.60. The molecule has 0 radical (unpaired) electrons. The third-order valence-electron chi connectivity index (χ3n) is 5.34. The van der Waals surface area contributed by atoms with E-state index >= 15 is 0 Å². The number of aromatic nitrogens is 4. The molecule has 6 nitrogen and oxygen atoms in total. The topological polar surface area (TPSA) is 69.9 Å². The molecule has 1 aliphatic carbocycles. The van der Waals surface area contributed by atoms with Crippen molar-refractivity contribution in [3.8, 4) is 22.7 Å². The number of hydrogen-bond acceptors (Lipinski definition) is 5. The molecule has 1 aliphatic rings. The fourth-order valence-electron chi connectivity index (χ4n) is 3.50. The molecule has 1 saturated carbocycles. The van der Waals surface area contributed by atoms with Crippen LogP contribution >= 0.6 is 0 Å². The molecule has 0 saturated heterocycles. The van der Waals surface area contributed by atoms with E-state index in [0.717, 1.165) is 45.6 Å². The van der Waals surface area contributed by atoms with Crippen LogP contribution in [0.2, 0.25) is 0 Å². The summed E-state index contributed by atoms with van der Waals surface area (Å²) in [6.07, 6.45) is 8.49. The molecule has 0 N–H and O–H groups in total. The Morgan fingerprint density at radius 3 is 2.72 bits per heavy atom. The van der Waals surface area contributed by atoms with Crippen LogP contribution in [0.5, 0.6) is 5.88 Å². The third-order valence-corrected chi connectivity index (χ3v) is 7.10. The molecule has 0 bridgehead atoms. The largest absolute Gasteiger partial charge is 0.481 e. The maximum absolute atomic E-state index is 12.6. The Balaban J connectivity index is 1.51. The van der Waals surface area contributed by atoms with Gasteiger partial charge in [-0.05, 0) is 48.2 Å². The van der Waals surface area contributed by atoms with Gasteiger partial charge in [0.1, 0.15) is 0 Å². The van der Waals surface area contributed by atoms with Crippen molar-refractivity contribution >= 4 is 21.8 Å². The summed E-state index contributed by atoms with van der Waals surface area (Å²) in [7, 11) is 0.626. The molecule has 5 rings (SSSR count). The normalized spacial score (nSPS) is 15.2. The van der Waals surface area contributed by atoms with Crippen molar-refractivity contribution in [2.45, 2.75) is 29.4 Å². The Bertz CT molecular complexity index is 1220. The van der Waals surface area contributed by atoms with Gasteiger partial charge in [0, 0.05) is 29.1 Å². The molecular formula is C22H20N4O2S. The quantitative estimate of drug-likeness (QED) is 0.500. The number of fused-ring (bicyclic) bond motifs is 1. The maximum Gasteiger partial charge on any atom is 0.213 e. The molecule has 1 atom stereocenters. The highest BCUT2D eigenvalue weighted by molar-refractivity contribution is 7.85. The van der Waals surface area contributed by atoms with Crippen molar-refractivity contribution in [3.63, 3.8) is 0 Å². The van der Waals surface area contributed by atoms with Crippen LogP contribution in [0.25, 0.3) is 27.8 Å². The Labute approximate surface area is 171 Å². The van der Waals surface area contributed by atoms with Crippen LogP contribution in [-0.2, 0) is 10.8 Å². The van der Waals surface area contributed by atoms with Gasteiger partial charge in [-0.25, -0.2) is 14.6 Å². The highest BCUT2D eigenvalue weighted by Gasteiger charge is 2.25. The average molecular weight is 404 g/mol. The van der Waals surface area contributed by atoms with Gasteiger partial charge >= 0.3 is 0 Å². The molecule has 29 heavy (non-hydrogen) atoms. The second-order valence-electron chi connectivity index (χ2n) is 7.13. The smallest absolute Gasteiger partial charge is 0.213 e. The van der Waals surface area contributed by atoms with Crippen LogP contribution < -0.4 is 4.74 Å². The van der Waals surface area contributed by atoms with E-state index < -0.39 is 10.8 Å². The first kappa shape index (κ1) is 18.0. The standard InChI is InChI=1S/C22H20N4O2S/c1-28-21-12-16(8-9-23-21)15-4-2-5-18(10-15)26-22-17(13-25-26)11-20(14-24-22)29(27)19-6-3-7-19/h2,4-5,8-14,19H,3,6-7H2,1H3/t29-/m0/s1. The van der Waals surface area contributed by atoms with Crippen LogP contribution in [0.1, 0.15) is 19.3 Å². The first-order chi connectivity index (χ1) is 14.2. The zero-order chi connectivity index (χ0) is 19.8. The van der Waals surface area contributed by atoms with Gasteiger partial charge in [0.2, 0.25) is 5.88 Å². The van der Waals surface area contributed by atoms with Crippen molar-refractivity contribution < 1.29 is 8.95 Å². The van der Waals surface area contributed by atoms with Crippen molar-refractivity contribution in [2.24, 2.45) is 0 Å². The molecular weight excluding hydrogens is 384 g/mol. The van der Waals surface area contributed by atoms with E-state index in [1.807, 2.05) is 41.1 Å². The maximum atomic E-state index is 12.6. The summed E-state index contributed by atoms with van der Waals surface area (Å²) in [4.78, 5) is 9.54. The third kappa shape index (κ3) is 3.31. The van der Waals surface area contributed by atoms with Crippen molar-refractivity contribution in [1.82, 2.24) is 19.7 Å². The number of nitrogens with zero attached hydrogens (tertiary/aromatic N) is 4. The lowest BCUT2D eigenvalue weighted by Gasteiger charge is -2.24. The van der Waals surface area contributed by atoms with Gasteiger partial charge in [-0.2, -0.15) is 5.10 Å². The van der Waals surface area contributed by atoms with Gasteiger partial charge in [-0.3, -0.25) is 4.21 Å². The number of rotatable bonds is 5. The number of hydrogen-bond donors (Lipinski definition) is 0. The lowest BCUT2D eigenvalue weighted by Crippen LogP contribution is -2.23. The van der Waals surface area contributed by atoms with Crippen molar-refractivity contribution in [1.29, 1.82) is 0 Å². The first-order valence-corrected chi connectivity index (χ1v) is 10.8. The first-order valence-electron chi connectivity index (χ1n) is 9.58. The van der Waals surface area contributed by atoms with Crippen LogP contribution in [0.15, 0.2) is 66.0 Å². The van der Waals surface area contributed by atoms with Gasteiger partial charge in [-0.1, -0.05) is 18.6 Å². The second-order valence-corrected chi connectivity index (χ2v) is 8.86. The average Bonchev–Trinajstić information content (AvgIpc) is 3.16. The molecule has 4 aromatic rings. The fourth-order valence-corrected chi connectivity index (χ4v) is 5.04. The zero-order valence-electron chi connectivity index (χ0n) is 16.0. The predicted octanol–water partition coefficient (Wildman–Crippen LogP) is 4.15. The highest BCUT2D eigenvalue weighted by Crippen LogP contribution is 2.30. The monoisotopic (exact) mass is 404 g/mol. The molecule has 146 valence electrons. The molecule has 0 amide bonds. The van der Waals surface area contributed by atoms with E-state index in [4.69, 9.17) is 4.74 Å². The summed E-state index contributed by atoms with van der Waals surface area (Å²) < 4.78 is 19.7. The number of methoxy groups -OCH3 is 1. The molecule has 1 aromatic carbocycles. The summed E-state index contributed by atoms with van der Waals surface area (Å²) in [5.74, 6) is 0.575. The van der Waals surface area contributed by atoms with Gasteiger partial charge in [0.05, 0.1) is 34.7 Å². The van der Waals surface area contributed by atoms with E-state index in [1.54, 1.807) is 25.7 Å². The molecule has 1 fully saturated rings. The lowest BCUT2D eigenvalue weighted by molar-refractivity contribution is 0.398. The minimum atomic E-state index is -0.982. The minimum Gasteiger partial charge on any atom is -0.481 e. The molecule has 0 spiro atoms. The van der Waals surface area contributed by atoms with Gasteiger partial charge in [0.25, 0.3) is 0 Å². The van der Waals surface area contributed by atoms with Crippen molar-refractivity contribution in [3.05, 3.63) is 61.1 Å². The molecule has 7 heteroatoms. The molecule has 3 aromatic heterocycles. The van der Waals surface area contributed by atoms with Crippen LogP contribution in [0.4, 0.5) is 0 Å². The predicted molar refractivity (Wildman–Crippen MR) is 113 cm³/mol. The second kappa shape index (κ2) is 7.40. The minimum absolute atomic E-state index is 0.276. The van der Waals surface area contributed by atoms with Crippen molar-refractivity contribution in [2.75, 3.05) is 7.11 Å². The van der Waals surface area contributed by atoms with Gasteiger partial charge < -0.3 is 4.74 Å². The summed E-state index contributed by atoms with van der Waals surface area (Å²) in [5, 5.41) is 5.70. The number of pyridine rings is 2. The van der Waals surface area contributed by atoms with Gasteiger partial charge in [0.15, 0.2) is 5.65 Å². The SMILES string of the molecule is COc1cc(-c2cccc(-n3ncc4cc([S@@](=O)C5CCC5)cnc43)c2)ccn1. The summed E-state index contributed by atoms with van der Waals surface area (Å²) in [6, 6.07) is 13.9. The molecule has 0 unspecified atom stereocenters. The summed E-state index contributed by atoms with van der Waals surface area (Å²) in [5.41, 5.74) is 3.72. The lowest BCUT2D eigenvalue weighted by atomic mass is 10.0. The zero-order valence-corrected chi connectivity index (χ0v) is 16.8. The van der Waals surface area contributed by atoms with E-state index in [9.17, 15) is 4.21 Å². The highest BCUT2D eigenvalue weighted by atomic mass is 32.2. The van der Waals surface area contributed by atoms with E-state index in [1.165, 1.54) is 6.42 Å². The Morgan fingerprint density at radius 1 is 1.07 bits per heavy atom. The number of benzene rings is 1. The van der Waals surface area contributed by atoms with E-state index in [-0.39, 0.29) is 5.25 Å². The molecule has 3 heterocycles. The Hall–Kier alpha value is -3.06. The van der Waals surface area contributed by atoms with Crippen LogP contribution in [-0.4, -0.2) is 36.3 Å². The van der Waals surface area contributed by atoms with Crippen LogP contribution in [0, 0.1) is 0 Å². The Morgan fingerprint density at radius 2 is 1.93 bits per heavy atom. The fraction of sp³-hybridized carbons (Fsp3) is 0.227. The number of ether oxygens (including phenoxy) is 1. The molecule has 0 aliphatic heterocycles. The van der Waals surface area contributed by atoms with Crippen LogP contribution in [0.3, 0.4) is 0 Å². The summed E-state index contributed by atoms with van der Waals surface area (Å²) in [6.45, 7) is 0.